The Kier molecular flexibility index (Phi) is 3.90. The van der Waals surface area contributed by atoms with Crippen molar-refractivity contribution < 1.29 is 8.42 Å². The summed E-state index contributed by atoms with van der Waals surface area (Å²) in [5, 5.41) is 8.77. The van der Waals surface area contributed by atoms with E-state index < -0.39 is 10.0 Å². The molecule has 1 aromatic rings. The van der Waals surface area contributed by atoms with Crippen LogP contribution in [-0.4, -0.2) is 26.3 Å². The van der Waals surface area contributed by atoms with Gasteiger partial charge in [0.05, 0.1) is 23.1 Å². The first-order valence-electron chi connectivity index (χ1n) is 4.84. The van der Waals surface area contributed by atoms with Crippen molar-refractivity contribution in [3.05, 3.63) is 29.3 Å². The third-order valence-electron chi connectivity index (χ3n) is 2.32. The molecule has 0 saturated heterocycles. The predicted octanol–water partition coefficient (Wildman–Crippen LogP) is 1.12. The Bertz CT molecular complexity index is 606. The normalized spacial score (nSPS) is 10.9. The second-order valence-corrected chi connectivity index (χ2v) is 5.57. The van der Waals surface area contributed by atoms with Crippen molar-refractivity contribution in [3.63, 3.8) is 0 Å². The third kappa shape index (κ3) is 2.65. The standard InChI is InChI=1S/C12H12N2O2S/c1-4-7-14(3)17(15,16)12-8-11(9-13)6-5-10(12)2/h1,5-6,8H,7H2,2-3H3. The fraction of sp³-hybridized carbons (Fsp3) is 0.250. The predicted molar refractivity (Wildman–Crippen MR) is 64.5 cm³/mol. The molecule has 1 rings (SSSR count). The van der Waals surface area contributed by atoms with E-state index >= 15 is 0 Å². The average Bonchev–Trinajstić information content (AvgIpc) is 2.29. The molecule has 0 spiro atoms. The van der Waals surface area contributed by atoms with Gasteiger partial charge < -0.3 is 0 Å². The summed E-state index contributed by atoms with van der Waals surface area (Å²) >= 11 is 0. The zero-order valence-electron chi connectivity index (χ0n) is 9.64. The van der Waals surface area contributed by atoms with E-state index in [0.717, 1.165) is 4.31 Å². The second kappa shape index (κ2) is 5.01. The van der Waals surface area contributed by atoms with Crippen molar-refractivity contribution in [2.75, 3.05) is 13.6 Å². The molecule has 0 bridgehead atoms. The summed E-state index contributed by atoms with van der Waals surface area (Å²) in [7, 11) is -2.21. The second-order valence-electron chi connectivity index (χ2n) is 3.56. The van der Waals surface area contributed by atoms with Gasteiger partial charge in [0.1, 0.15) is 0 Å². The highest BCUT2D eigenvalue weighted by Gasteiger charge is 2.22. The van der Waals surface area contributed by atoms with E-state index in [1.54, 1.807) is 19.1 Å². The van der Waals surface area contributed by atoms with Crippen LogP contribution in [0.25, 0.3) is 0 Å². The zero-order valence-corrected chi connectivity index (χ0v) is 10.5. The van der Waals surface area contributed by atoms with Gasteiger partial charge in [-0.1, -0.05) is 12.0 Å². The molecule has 0 aromatic heterocycles. The van der Waals surface area contributed by atoms with Crippen molar-refractivity contribution in [1.29, 1.82) is 5.26 Å². The van der Waals surface area contributed by atoms with Crippen molar-refractivity contribution >= 4 is 10.0 Å². The molecule has 0 fully saturated rings. The molecule has 4 nitrogen and oxygen atoms in total. The number of sulfonamides is 1. The molecule has 0 N–H and O–H groups in total. The molecule has 17 heavy (non-hydrogen) atoms. The number of nitrogens with zero attached hydrogens (tertiary/aromatic N) is 2. The summed E-state index contributed by atoms with van der Waals surface area (Å²) in [5.41, 5.74) is 0.899. The van der Waals surface area contributed by atoms with E-state index in [1.165, 1.54) is 13.1 Å². The SMILES string of the molecule is C#CCN(C)S(=O)(=O)c1cc(C#N)ccc1C. The lowest BCUT2D eigenvalue weighted by Crippen LogP contribution is -2.27. The summed E-state index contributed by atoms with van der Waals surface area (Å²) in [4.78, 5) is 0.120. The molecule has 5 heteroatoms. The van der Waals surface area contributed by atoms with Gasteiger partial charge in [-0.05, 0) is 24.6 Å². The summed E-state index contributed by atoms with van der Waals surface area (Å²) < 4.78 is 25.3. The topological polar surface area (TPSA) is 61.2 Å². The van der Waals surface area contributed by atoms with Crippen LogP contribution in [0.5, 0.6) is 0 Å². The van der Waals surface area contributed by atoms with Crippen LogP contribution in [0.15, 0.2) is 23.1 Å². The van der Waals surface area contributed by atoms with Crippen molar-refractivity contribution in [1.82, 2.24) is 4.31 Å². The minimum Gasteiger partial charge on any atom is -0.207 e. The number of hydrogen-bond donors (Lipinski definition) is 0. The van der Waals surface area contributed by atoms with Crippen molar-refractivity contribution in [3.8, 4) is 18.4 Å². The molecule has 0 saturated carbocycles. The Balaban J connectivity index is 3.35. The number of hydrogen-bond acceptors (Lipinski definition) is 3. The van der Waals surface area contributed by atoms with Gasteiger partial charge in [-0.25, -0.2) is 8.42 Å². The molecule has 88 valence electrons. The number of terminal acetylenes is 1. The number of benzene rings is 1. The Labute approximate surface area is 102 Å². The van der Waals surface area contributed by atoms with Crippen LogP contribution < -0.4 is 0 Å². The molecule has 0 aliphatic rings. The van der Waals surface area contributed by atoms with E-state index in [0.29, 0.717) is 11.1 Å². The van der Waals surface area contributed by atoms with E-state index in [-0.39, 0.29) is 11.4 Å². The number of nitriles is 1. The maximum atomic E-state index is 12.1. The lowest BCUT2D eigenvalue weighted by Gasteiger charge is -2.16. The molecule has 0 aliphatic heterocycles. The van der Waals surface area contributed by atoms with Gasteiger partial charge in [-0.3, -0.25) is 0 Å². The highest BCUT2D eigenvalue weighted by Crippen LogP contribution is 2.19. The van der Waals surface area contributed by atoms with E-state index in [2.05, 4.69) is 5.92 Å². The van der Waals surface area contributed by atoms with Gasteiger partial charge in [-0.15, -0.1) is 6.42 Å². The minimum absolute atomic E-state index is 0.00143. The molecule has 0 unspecified atom stereocenters. The summed E-state index contributed by atoms with van der Waals surface area (Å²) in [6.07, 6.45) is 5.09. The molecular weight excluding hydrogens is 236 g/mol. The molecule has 0 amide bonds. The maximum Gasteiger partial charge on any atom is 0.244 e. The highest BCUT2D eigenvalue weighted by atomic mass is 32.2. The quantitative estimate of drug-likeness (QED) is 0.753. The van der Waals surface area contributed by atoms with Crippen LogP contribution in [0.3, 0.4) is 0 Å². The Hall–Kier alpha value is -1.82. The summed E-state index contributed by atoms with van der Waals surface area (Å²) in [5.74, 6) is 2.27. The summed E-state index contributed by atoms with van der Waals surface area (Å²) in [6, 6.07) is 6.46. The molecule has 0 radical (unpaired) electrons. The molecule has 0 aliphatic carbocycles. The fourth-order valence-electron chi connectivity index (χ4n) is 1.33. The van der Waals surface area contributed by atoms with Gasteiger partial charge >= 0.3 is 0 Å². The van der Waals surface area contributed by atoms with Crippen LogP contribution in [0.4, 0.5) is 0 Å². The third-order valence-corrected chi connectivity index (χ3v) is 4.26. The van der Waals surface area contributed by atoms with Gasteiger partial charge in [0.2, 0.25) is 10.0 Å². The van der Waals surface area contributed by atoms with E-state index in [4.69, 9.17) is 11.7 Å². The van der Waals surface area contributed by atoms with Gasteiger partial charge in [0.25, 0.3) is 0 Å². The first-order valence-corrected chi connectivity index (χ1v) is 6.28. The maximum absolute atomic E-state index is 12.1. The van der Waals surface area contributed by atoms with Crippen LogP contribution >= 0.6 is 0 Å². The van der Waals surface area contributed by atoms with Crippen molar-refractivity contribution in [2.24, 2.45) is 0 Å². The van der Waals surface area contributed by atoms with Crippen LogP contribution in [-0.2, 0) is 10.0 Å². The number of rotatable bonds is 3. The first kappa shape index (κ1) is 13.2. The lowest BCUT2D eigenvalue weighted by molar-refractivity contribution is 0.502. The van der Waals surface area contributed by atoms with Gasteiger partial charge in [-0.2, -0.15) is 9.57 Å². The lowest BCUT2D eigenvalue weighted by atomic mass is 10.2. The zero-order chi connectivity index (χ0) is 13.1. The van der Waals surface area contributed by atoms with Crippen molar-refractivity contribution in [2.45, 2.75) is 11.8 Å². The van der Waals surface area contributed by atoms with E-state index in [9.17, 15) is 8.42 Å². The molecular formula is C12H12N2O2S. The average molecular weight is 248 g/mol. The van der Waals surface area contributed by atoms with Gasteiger partial charge in [0.15, 0.2) is 0 Å². The van der Waals surface area contributed by atoms with E-state index in [1.807, 2.05) is 6.07 Å². The summed E-state index contributed by atoms with van der Waals surface area (Å²) in [6.45, 7) is 1.68. The largest absolute Gasteiger partial charge is 0.244 e. The molecule has 1 aromatic carbocycles. The van der Waals surface area contributed by atoms with Crippen LogP contribution in [0, 0.1) is 30.6 Å². The Morgan fingerprint density at radius 3 is 2.65 bits per heavy atom. The Morgan fingerprint density at radius 1 is 1.47 bits per heavy atom. The smallest absolute Gasteiger partial charge is 0.207 e. The van der Waals surface area contributed by atoms with Crippen LogP contribution in [0.2, 0.25) is 0 Å². The monoisotopic (exact) mass is 248 g/mol. The molecule has 0 heterocycles. The van der Waals surface area contributed by atoms with Crippen LogP contribution in [0.1, 0.15) is 11.1 Å². The highest BCUT2D eigenvalue weighted by molar-refractivity contribution is 7.89. The fourth-order valence-corrected chi connectivity index (χ4v) is 2.66. The minimum atomic E-state index is -3.62. The first-order chi connectivity index (χ1) is 7.93. The number of aryl methyl sites for hydroxylation is 1. The molecule has 0 atom stereocenters. The van der Waals surface area contributed by atoms with Gasteiger partial charge in [0, 0.05) is 7.05 Å². The Morgan fingerprint density at radius 2 is 2.12 bits per heavy atom.